The third kappa shape index (κ3) is 2.14. The first-order valence-electron chi connectivity index (χ1n) is 4.61. The Balaban J connectivity index is 2.52. The molecule has 1 aromatic carbocycles. The minimum absolute atomic E-state index is 0.0701. The standard InChI is InChI=1S/C11H8N2O2S/c14-13(15)9-4-1-3-8(7-9)10-5-2-6-11(16)12-10/h1-7H,(H,12,16). The van der Waals surface area contributed by atoms with Crippen molar-refractivity contribution < 1.29 is 4.92 Å². The Kier molecular flexibility index (Phi) is 2.78. The van der Waals surface area contributed by atoms with Gasteiger partial charge in [0.2, 0.25) is 0 Å². The second-order valence-corrected chi connectivity index (χ2v) is 3.68. The van der Waals surface area contributed by atoms with Crippen molar-refractivity contribution in [3.8, 4) is 11.3 Å². The van der Waals surface area contributed by atoms with Gasteiger partial charge in [-0.15, -0.1) is 0 Å². The summed E-state index contributed by atoms with van der Waals surface area (Å²) in [5.74, 6) is 0. The molecule has 2 aromatic rings. The first-order valence-corrected chi connectivity index (χ1v) is 5.02. The highest BCUT2D eigenvalue weighted by Crippen LogP contribution is 2.21. The van der Waals surface area contributed by atoms with Gasteiger partial charge >= 0.3 is 0 Å². The zero-order valence-corrected chi connectivity index (χ0v) is 9.03. The number of aromatic amines is 1. The number of nitrogens with zero attached hydrogens (tertiary/aromatic N) is 1. The molecule has 0 bridgehead atoms. The van der Waals surface area contributed by atoms with Gasteiger partial charge in [0.05, 0.1) is 4.92 Å². The molecule has 1 N–H and O–H groups in total. The number of non-ortho nitro benzene ring substituents is 1. The highest BCUT2D eigenvalue weighted by atomic mass is 32.1. The molecule has 2 rings (SSSR count). The summed E-state index contributed by atoms with van der Waals surface area (Å²) in [7, 11) is 0. The van der Waals surface area contributed by atoms with E-state index in [0.717, 1.165) is 11.3 Å². The Bertz CT molecular complexity index is 592. The molecule has 0 amide bonds. The molecule has 80 valence electrons. The fourth-order valence-electron chi connectivity index (χ4n) is 1.40. The van der Waals surface area contributed by atoms with Gasteiger partial charge in [-0.1, -0.05) is 30.4 Å². The normalized spacial score (nSPS) is 10.0. The summed E-state index contributed by atoms with van der Waals surface area (Å²) in [4.78, 5) is 13.2. The molecule has 0 fully saturated rings. The van der Waals surface area contributed by atoms with Crippen LogP contribution in [0.4, 0.5) is 5.69 Å². The van der Waals surface area contributed by atoms with Crippen molar-refractivity contribution in [2.24, 2.45) is 0 Å². The number of pyridine rings is 1. The van der Waals surface area contributed by atoms with E-state index in [2.05, 4.69) is 4.98 Å². The molecule has 0 unspecified atom stereocenters. The van der Waals surface area contributed by atoms with Gasteiger partial charge in [0, 0.05) is 23.4 Å². The second-order valence-electron chi connectivity index (χ2n) is 3.24. The fourth-order valence-corrected chi connectivity index (χ4v) is 1.59. The number of nitro groups is 1. The minimum Gasteiger partial charge on any atom is -0.346 e. The molecule has 1 aromatic heterocycles. The molecular weight excluding hydrogens is 224 g/mol. The number of nitro benzene ring substituents is 1. The zero-order chi connectivity index (χ0) is 11.5. The van der Waals surface area contributed by atoms with Gasteiger partial charge in [0.25, 0.3) is 5.69 Å². The van der Waals surface area contributed by atoms with Crippen LogP contribution in [-0.2, 0) is 0 Å². The van der Waals surface area contributed by atoms with Crippen LogP contribution in [0.5, 0.6) is 0 Å². The lowest BCUT2D eigenvalue weighted by Crippen LogP contribution is -1.89. The van der Waals surface area contributed by atoms with Gasteiger partial charge in [-0.25, -0.2) is 0 Å². The molecule has 0 saturated carbocycles. The van der Waals surface area contributed by atoms with Crippen molar-refractivity contribution >= 4 is 17.9 Å². The lowest BCUT2D eigenvalue weighted by molar-refractivity contribution is -0.384. The number of hydrogen-bond donors (Lipinski definition) is 1. The van der Waals surface area contributed by atoms with Crippen LogP contribution in [0.25, 0.3) is 11.3 Å². The van der Waals surface area contributed by atoms with Crippen LogP contribution in [0.15, 0.2) is 42.5 Å². The molecule has 16 heavy (non-hydrogen) atoms. The lowest BCUT2D eigenvalue weighted by atomic mass is 10.1. The number of benzene rings is 1. The van der Waals surface area contributed by atoms with E-state index < -0.39 is 4.92 Å². The Labute approximate surface area is 96.7 Å². The van der Waals surface area contributed by atoms with E-state index in [1.54, 1.807) is 18.2 Å². The third-order valence-corrected chi connectivity index (χ3v) is 2.37. The summed E-state index contributed by atoms with van der Waals surface area (Å²) in [6.07, 6.45) is 0. The molecule has 0 aliphatic rings. The van der Waals surface area contributed by atoms with Crippen LogP contribution in [0.2, 0.25) is 0 Å². The van der Waals surface area contributed by atoms with Gasteiger partial charge in [-0.2, -0.15) is 0 Å². The Hall–Kier alpha value is -2.01. The molecule has 0 saturated heterocycles. The maximum Gasteiger partial charge on any atom is 0.270 e. The van der Waals surface area contributed by atoms with Crippen molar-refractivity contribution in [3.05, 3.63) is 57.2 Å². The first kappa shape index (κ1) is 10.5. The lowest BCUT2D eigenvalue weighted by Gasteiger charge is -2.01. The van der Waals surface area contributed by atoms with Crippen molar-refractivity contribution in [2.45, 2.75) is 0 Å². The largest absolute Gasteiger partial charge is 0.346 e. The van der Waals surface area contributed by atoms with Gasteiger partial charge in [0.1, 0.15) is 4.64 Å². The predicted octanol–water partition coefficient (Wildman–Crippen LogP) is 3.32. The monoisotopic (exact) mass is 232 g/mol. The van der Waals surface area contributed by atoms with Crippen LogP contribution < -0.4 is 0 Å². The van der Waals surface area contributed by atoms with Gasteiger partial charge in [0.15, 0.2) is 0 Å². The topological polar surface area (TPSA) is 58.9 Å². The van der Waals surface area contributed by atoms with Crippen molar-refractivity contribution in [3.63, 3.8) is 0 Å². The fraction of sp³-hybridized carbons (Fsp3) is 0. The van der Waals surface area contributed by atoms with Crippen LogP contribution in [0.3, 0.4) is 0 Å². The molecule has 0 aliphatic carbocycles. The summed E-state index contributed by atoms with van der Waals surface area (Å²) in [5, 5.41) is 10.6. The molecule has 5 heteroatoms. The number of rotatable bonds is 2. The summed E-state index contributed by atoms with van der Waals surface area (Å²) < 4.78 is 0.601. The number of H-pyrrole nitrogens is 1. The van der Waals surface area contributed by atoms with Crippen molar-refractivity contribution in [2.75, 3.05) is 0 Å². The van der Waals surface area contributed by atoms with Gasteiger partial charge in [-0.3, -0.25) is 10.1 Å². The predicted molar refractivity (Wildman–Crippen MR) is 63.7 cm³/mol. The SMILES string of the molecule is O=[N+]([O-])c1cccc(-c2cccc(=S)[nH]2)c1. The summed E-state index contributed by atoms with van der Waals surface area (Å²) in [6.45, 7) is 0. The van der Waals surface area contributed by atoms with E-state index in [1.165, 1.54) is 12.1 Å². The van der Waals surface area contributed by atoms with E-state index in [0.29, 0.717) is 4.64 Å². The Morgan fingerprint density at radius 2 is 1.94 bits per heavy atom. The average molecular weight is 232 g/mol. The zero-order valence-electron chi connectivity index (χ0n) is 8.21. The molecule has 0 spiro atoms. The molecule has 1 heterocycles. The van der Waals surface area contributed by atoms with Crippen LogP contribution >= 0.6 is 12.2 Å². The summed E-state index contributed by atoms with van der Waals surface area (Å²) in [6, 6.07) is 11.8. The van der Waals surface area contributed by atoms with Crippen LogP contribution in [0.1, 0.15) is 0 Å². The number of aromatic nitrogens is 1. The Morgan fingerprint density at radius 3 is 2.62 bits per heavy atom. The van der Waals surface area contributed by atoms with Crippen molar-refractivity contribution in [1.82, 2.24) is 4.98 Å². The first-order chi connectivity index (χ1) is 7.66. The smallest absolute Gasteiger partial charge is 0.270 e. The van der Waals surface area contributed by atoms with Crippen molar-refractivity contribution in [1.29, 1.82) is 0 Å². The maximum absolute atomic E-state index is 10.6. The van der Waals surface area contributed by atoms with E-state index in [9.17, 15) is 10.1 Å². The third-order valence-electron chi connectivity index (χ3n) is 2.14. The van der Waals surface area contributed by atoms with Crippen LogP contribution in [0, 0.1) is 14.8 Å². The quantitative estimate of drug-likeness (QED) is 0.491. The van der Waals surface area contributed by atoms with Gasteiger partial charge in [-0.05, 0) is 12.1 Å². The molecule has 0 aliphatic heterocycles. The molecule has 4 nitrogen and oxygen atoms in total. The highest BCUT2D eigenvalue weighted by molar-refractivity contribution is 7.71. The molecular formula is C11H8N2O2S. The maximum atomic E-state index is 10.6. The Morgan fingerprint density at radius 1 is 1.19 bits per heavy atom. The van der Waals surface area contributed by atoms with Gasteiger partial charge < -0.3 is 4.98 Å². The average Bonchev–Trinajstić information content (AvgIpc) is 2.29. The van der Waals surface area contributed by atoms with Crippen LogP contribution in [-0.4, -0.2) is 9.91 Å². The number of nitrogens with one attached hydrogen (secondary N) is 1. The molecule has 0 atom stereocenters. The second kappa shape index (κ2) is 4.24. The van der Waals surface area contributed by atoms with E-state index in [1.807, 2.05) is 12.1 Å². The summed E-state index contributed by atoms with van der Waals surface area (Å²) >= 11 is 4.99. The van der Waals surface area contributed by atoms with E-state index in [-0.39, 0.29) is 5.69 Å². The highest BCUT2D eigenvalue weighted by Gasteiger charge is 2.06. The summed E-state index contributed by atoms with van der Waals surface area (Å²) in [5.41, 5.74) is 1.60. The molecule has 0 radical (unpaired) electrons. The van der Waals surface area contributed by atoms with E-state index >= 15 is 0 Å². The van der Waals surface area contributed by atoms with E-state index in [4.69, 9.17) is 12.2 Å². The minimum atomic E-state index is -0.416. The number of hydrogen-bond acceptors (Lipinski definition) is 3.